The Kier molecular flexibility index (Phi) is 3.54. The van der Waals surface area contributed by atoms with Crippen molar-refractivity contribution in [2.24, 2.45) is 5.73 Å². The highest BCUT2D eigenvalue weighted by atomic mass is 32.1. The minimum atomic E-state index is -0.151. The first-order chi connectivity index (χ1) is 7.81. The maximum Gasteiger partial charge on any atom is 0.119 e. The SMILES string of the molecule is CCOc1ccc(C(N)c2cscn2)cc1. The second-order valence-corrected chi connectivity index (χ2v) is 4.11. The van der Waals surface area contributed by atoms with Gasteiger partial charge in [-0.15, -0.1) is 11.3 Å². The third kappa shape index (κ3) is 2.40. The molecule has 0 aliphatic carbocycles. The molecule has 0 fully saturated rings. The fourth-order valence-corrected chi connectivity index (χ4v) is 2.07. The lowest BCUT2D eigenvalue weighted by Gasteiger charge is -2.10. The van der Waals surface area contributed by atoms with E-state index in [0.29, 0.717) is 6.61 Å². The van der Waals surface area contributed by atoms with Crippen LogP contribution >= 0.6 is 11.3 Å². The van der Waals surface area contributed by atoms with E-state index >= 15 is 0 Å². The fourth-order valence-electron chi connectivity index (χ4n) is 1.48. The van der Waals surface area contributed by atoms with Crippen molar-refractivity contribution in [1.29, 1.82) is 0 Å². The van der Waals surface area contributed by atoms with Gasteiger partial charge in [0.05, 0.1) is 23.9 Å². The van der Waals surface area contributed by atoms with Crippen molar-refractivity contribution in [3.63, 3.8) is 0 Å². The van der Waals surface area contributed by atoms with Crippen molar-refractivity contribution in [1.82, 2.24) is 4.98 Å². The minimum absolute atomic E-state index is 0.151. The third-order valence-corrected chi connectivity index (χ3v) is 2.92. The van der Waals surface area contributed by atoms with E-state index in [1.165, 1.54) is 0 Å². The standard InChI is InChI=1S/C12H14N2OS/c1-2-15-10-5-3-9(4-6-10)12(13)11-7-16-8-14-11/h3-8,12H,2,13H2,1H3. The second kappa shape index (κ2) is 5.09. The van der Waals surface area contributed by atoms with Crippen LogP contribution in [-0.4, -0.2) is 11.6 Å². The summed E-state index contributed by atoms with van der Waals surface area (Å²) in [5.74, 6) is 0.872. The monoisotopic (exact) mass is 234 g/mol. The molecule has 0 bridgehead atoms. The van der Waals surface area contributed by atoms with Crippen LogP contribution in [-0.2, 0) is 0 Å². The number of aromatic nitrogens is 1. The van der Waals surface area contributed by atoms with Gasteiger partial charge in [0.2, 0.25) is 0 Å². The predicted octanol–water partition coefficient (Wildman–Crippen LogP) is 2.59. The summed E-state index contributed by atoms with van der Waals surface area (Å²) in [7, 11) is 0. The molecule has 84 valence electrons. The Labute approximate surface area is 98.9 Å². The number of rotatable bonds is 4. The van der Waals surface area contributed by atoms with E-state index in [1.807, 2.05) is 36.6 Å². The van der Waals surface area contributed by atoms with Crippen LogP contribution in [0.2, 0.25) is 0 Å². The molecule has 16 heavy (non-hydrogen) atoms. The van der Waals surface area contributed by atoms with Crippen molar-refractivity contribution < 1.29 is 4.74 Å². The molecule has 1 aromatic heterocycles. The molecule has 0 radical (unpaired) electrons. The molecule has 0 aliphatic rings. The van der Waals surface area contributed by atoms with Crippen LogP contribution in [0.1, 0.15) is 24.2 Å². The predicted molar refractivity (Wildman–Crippen MR) is 65.8 cm³/mol. The molecule has 4 heteroatoms. The molecule has 2 N–H and O–H groups in total. The van der Waals surface area contributed by atoms with Gasteiger partial charge in [0.15, 0.2) is 0 Å². The van der Waals surface area contributed by atoms with Gasteiger partial charge in [-0.3, -0.25) is 0 Å². The van der Waals surface area contributed by atoms with Crippen molar-refractivity contribution >= 4 is 11.3 Å². The lowest BCUT2D eigenvalue weighted by molar-refractivity contribution is 0.340. The Balaban J connectivity index is 2.15. The molecule has 3 nitrogen and oxygen atoms in total. The molecule has 2 rings (SSSR count). The highest BCUT2D eigenvalue weighted by Crippen LogP contribution is 2.21. The Bertz CT molecular complexity index is 425. The summed E-state index contributed by atoms with van der Waals surface area (Å²) in [6.45, 7) is 2.65. The third-order valence-electron chi connectivity index (χ3n) is 2.32. The van der Waals surface area contributed by atoms with Gasteiger partial charge in [-0.25, -0.2) is 4.98 Å². The zero-order chi connectivity index (χ0) is 11.4. The Morgan fingerprint density at radius 1 is 1.38 bits per heavy atom. The first kappa shape index (κ1) is 11.1. The van der Waals surface area contributed by atoms with Crippen molar-refractivity contribution in [3.05, 3.63) is 46.4 Å². The molecule has 1 aromatic carbocycles. The number of nitrogens with two attached hydrogens (primary N) is 1. The van der Waals surface area contributed by atoms with E-state index in [9.17, 15) is 0 Å². The van der Waals surface area contributed by atoms with Crippen LogP contribution in [0.3, 0.4) is 0 Å². The van der Waals surface area contributed by atoms with E-state index in [1.54, 1.807) is 16.8 Å². The van der Waals surface area contributed by atoms with E-state index in [0.717, 1.165) is 17.0 Å². The zero-order valence-corrected chi connectivity index (χ0v) is 9.91. The van der Waals surface area contributed by atoms with Crippen LogP contribution in [0.15, 0.2) is 35.2 Å². The topological polar surface area (TPSA) is 48.1 Å². The van der Waals surface area contributed by atoms with E-state index in [4.69, 9.17) is 10.5 Å². The number of thiazole rings is 1. The molecule has 0 spiro atoms. The smallest absolute Gasteiger partial charge is 0.119 e. The van der Waals surface area contributed by atoms with Crippen molar-refractivity contribution in [2.45, 2.75) is 13.0 Å². The lowest BCUT2D eigenvalue weighted by Crippen LogP contribution is -2.11. The Hall–Kier alpha value is -1.39. The van der Waals surface area contributed by atoms with E-state index < -0.39 is 0 Å². The summed E-state index contributed by atoms with van der Waals surface area (Å²) in [6, 6.07) is 7.68. The van der Waals surface area contributed by atoms with Crippen molar-refractivity contribution in [3.8, 4) is 5.75 Å². The van der Waals surface area contributed by atoms with Crippen LogP contribution in [0, 0.1) is 0 Å². The molecule has 0 amide bonds. The first-order valence-electron chi connectivity index (χ1n) is 5.17. The number of hydrogen-bond donors (Lipinski definition) is 1. The normalized spacial score (nSPS) is 12.4. The highest BCUT2D eigenvalue weighted by molar-refractivity contribution is 7.07. The number of ether oxygens (including phenoxy) is 1. The summed E-state index contributed by atoms with van der Waals surface area (Å²) < 4.78 is 5.38. The van der Waals surface area contributed by atoms with Crippen LogP contribution in [0.25, 0.3) is 0 Å². The number of hydrogen-bond acceptors (Lipinski definition) is 4. The maximum atomic E-state index is 6.09. The Morgan fingerprint density at radius 2 is 2.12 bits per heavy atom. The van der Waals surface area contributed by atoms with E-state index in [-0.39, 0.29) is 6.04 Å². The molecule has 2 aromatic rings. The van der Waals surface area contributed by atoms with Gasteiger partial charge in [-0.2, -0.15) is 0 Å². The average Bonchev–Trinajstić information content (AvgIpc) is 2.83. The van der Waals surface area contributed by atoms with Crippen LogP contribution in [0.4, 0.5) is 0 Å². The molecule has 1 unspecified atom stereocenters. The summed E-state index contributed by atoms with van der Waals surface area (Å²) >= 11 is 1.56. The van der Waals surface area contributed by atoms with Gasteiger partial charge in [0, 0.05) is 5.38 Å². The molecule has 1 atom stereocenters. The first-order valence-corrected chi connectivity index (χ1v) is 6.12. The van der Waals surface area contributed by atoms with Crippen LogP contribution < -0.4 is 10.5 Å². The highest BCUT2D eigenvalue weighted by Gasteiger charge is 2.10. The Morgan fingerprint density at radius 3 is 2.69 bits per heavy atom. The van der Waals surface area contributed by atoms with Gasteiger partial charge >= 0.3 is 0 Å². The summed E-state index contributed by atoms with van der Waals surface area (Å²) in [4.78, 5) is 4.21. The molecular formula is C12H14N2OS. The van der Waals surface area contributed by atoms with E-state index in [2.05, 4.69) is 4.98 Å². The van der Waals surface area contributed by atoms with Gasteiger partial charge in [0.25, 0.3) is 0 Å². The molecule has 0 aliphatic heterocycles. The largest absolute Gasteiger partial charge is 0.494 e. The molecule has 1 heterocycles. The maximum absolute atomic E-state index is 6.09. The number of nitrogens with zero attached hydrogens (tertiary/aromatic N) is 1. The summed E-state index contributed by atoms with van der Waals surface area (Å²) in [5, 5.41) is 1.97. The van der Waals surface area contributed by atoms with Crippen LogP contribution in [0.5, 0.6) is 5.75 Å². The van der Waals surface area contributed by atoms with Gasteiger partial charge < -0.3 is 10.5 Å². The number of benzene rings is 1. The average molecular weight is 234 g/mol. The minimum Gasteiger partial charge on any atom is -0.494 e. The second-order valence-electron chi connectivity index (χ2n) is 3.39. The zero-order valence-electron chi connectivity index (χ0n) is 9.09. The molecular weight excluding hydrogens is 220 g/mol. The van der Waals surface area contributed by atoms with Gasteiger partial charge in [0.1, 0.15) is 5.75 Å². The summed E-state index contributed by atoms with van der Waals surface area (Å²) in [6.07, 6.45) is 0. The fraction of sp³-hybridized carbons (Fsp3) is 0.250. The van der Waals surface area contributed by atoms with Crippen molar-refractivity contribution in [2.75, 3.05) is 6.61 Å². The lowest BCUT2D eigenvalue weighted by atomic mass is 10.1. The quantitative estimate of drug-likeness (QED) is 0.884. The molecule has 0 saturated carbocycles. The molecule has 0 saturated heterocycles. The summed E-state index contributed by atoms with van der Waals surface area (Å²) in [5.41, 5.74) is 9.85. The van der Waals surface area contributed by atoms with Gasteiger partial charge in [-0.1, -0.05) is 12.1 Å². The van der Waals surface area contributed by atoms with Gasteiger partial charge in [-0.05, 0) is 24.6 Å².